The van der Waals surface area contributed by atoms with E-state index in [1.54, 1.807) is 35.7 Å². The molecule has 0 atom stereocenters. The fraction of sp³-hybridized carbons (Fsp3) is 0.0435. The molecular weight excluding hydrogens is 453 g/mol. The van der Waals surface area contributed by atoms with Gasteiger partial charge in [0.25, 0.3) is 0 Å². The van der Waals surface area contributed by atoms with Crippen LogP contribution in [0.5, 0.6) is 0 Å². The zero-order valence-electron chi connectivity index (χ0n) is 16.7. The number of thiazole rings is 1. The fourth-order valence-electron chi connectivity index (χ4n) is 2.90. The number of azo groups is 1. The van der Waals surface area contributed by atoms with Crippen LogP contribution in [0, 0.1) is 0 Å². The fourth-order valence-corrected chi connectivity index (χ4v) is 3.64. The SMILES string of the molecule is O=C(O)c1cccc(/N=N\c2cccc(-c3csc(Nc4cccc(C(F)(F)F)c4)n3)c2)c1. The summed E-state index contributed by atoms with van der Waals surface area (Å²) < 4.78 is 38.7. The van der Waals surface area contributed by atoms with Crippen molar-refractivity contribution in [2.75, 3.05) is 5.32 Å². The van der Waals surface area contributed by atoms with Crippen molar-refractivity contribution in [1.82, 2.24) is 4.98 Å². The van der Waals surface area contributed by atoms with Gasteiger partial charge in [0.15, 0.2) is 5.13 Å². The lowest BCUT2D eigenvalue weighted by Gasteiger charge is -2.08. The number of carboxylic acid groups (broad SMARTS) is 1. The summed E-state index contributed by atoms with van der Waals surface area (Å²) in [6, 6.07) is 18.1. The number of aromatic nitrogens is 1. The summed E-state index contributed by atoms with van der Waals surface area (Å²) in [6.07, 6.45) is -4.42. The summed E-state index contributed by atoms with van der Waals surface area (Å²) >= 11 is 1.26. The normalized spacial score (nSPS) is 11.6. The molecule has 10 heteroatoms. The lowest BCUT2D eigenvalue weighted by Crippen LogP contribution is -2.05. The lowest BCUT2D eigenvalue weighted by atomic mass is 10.1. The van der Waals surface area contributed by atoms with Gasteiger partial charge in [-0.2, -0.15) is 23.4 Å². The molecule has 2 N–H and O–H groups in total. The van der Waals surface area contributed by atoms with Crippen LogP contribution in [0.4, 0.5) is 35.4 Å². The Morgan fingerprint density at radius 1 is 0.939 bits per heavy atom. The molecule has 0 radical (unpaired) electrons. The number of aromatic carboxylic acids is 1. The van der Waals surface area contributed by atoms with Gasteiger partial charge in [-0.1, -0.05) is 24.3 Å². The minimum Gasteiger partial charge on any atom is -0.478 e. The van der Waals surface area contributed by atoms with Gasteiger partial charge >= 0.3 is 12.1 Å². The van der Waals surface area contributed by atoms with E-state index < -0.39 is 17.7 Å². The molecule has 0 fully saturated rings. The first-order valence-corrected chi connectivity index (χ1v) is 10.4. The van der Waals surface area contributed by atoms with Crippen LogP contribution in [0.15, 0.2) is 88.4 Å². The smallest absolute Gasteiger partial charge is 0.416 e. The molecule has 0 saturated carbocycles. The molecule has 0 amide bonds. The van der Waals surface area contributed by atoms with Gasteiger partial charge in [-0.25, -0.2) is 9.78 Å². The van der Waals surface area contributed by atoms with E-state index in [-0.39, 0.29) is 11.3 Å². The molecule has 0 unspecified atom stereocenters. The van der Waals surface area contributed by atoms with E-state index >= 15 is 0 Å². The number of hydrogen-bond donors (Lipinski definition) is 2. The first-order chi connectivity index (χ1) is 15.8. The molecule has 0 aliphatic heterocycles. The average Bonchev–Trinajstić information content (AvgIpc) is 3.26. The van der Waals surface area contributed by atoms with Crippen LogP contribution in [0.3, 0.4) is 0 Å². The minimum absolute atomic E-state index is 0.114. The maximum atomic E-state index is 12.9. The standard InChI is InChI=1S/C23H15F3N4O2S/c24-23(25,26)16-6-3-7-17(12-16)27-22-28-20(13-33-22)14-4-1-8-18(10-14)29-30-19-9-2-5-15(11-19)21(31)32/h1-13H,(H,27,28)(H,31,32)/b30-29-. The molecule has 6 nitrogen and oxygen atoms in total. The van der Waals surface area contributed by atoms with Gasteiger partial charge in [0.1, 0.15) is 0 Å². The summed E-state index contributed by atoms with van der Waals surface area (Å²) in [5, 5.41) is 22.4. The van der Waals surface area contributed by atoms with Crippen LogP contribution >= 0.6 is 11.3 Å². The number of hydrogen-bond acceptors (Lipinski definition) is 6. The second kappa shape index (κ2) is 9.21. The number of carboxylic acids is 1. The highest BCUT2D eigenvalue weighted by atomic mass is 32.1. The molecule has 0 spiro atoms. The van der Waals surface area contributed by atoms with E-state index in [1.165, 1.54) is 35.6 Å². The number of anilines is 2. The van der Waals surface area contributed by atoms with Crippen LogP contribution in [-0.2, 0) is 6.18 Å². The van der Waals surface area contributed by atoms with Crippen LogP contribution in [0.25, 0.3) is 11.3 Å². The minimum atomic E-state index is -4.42. The van der Waals surface area contributed by atoms with Crippen LogP contribution in [0.1, 0.15) is 15.9 Å². The molecule has 1 aromatic heterocycles. The zero-order chi connectivity index (χ0) is 23.4. The highest BCUT2D eigenvalue weighted by molar-refractivity contribution is 7.14. The van der Waals surface area contributed by atoms with Crippen molar-refractivity contribution < 1.29 is 23.1 Å². The molecule has 33 heavy (non-hydrogen) atoms. The van der Waals surface area contributed by atoms with Gasteiger partial charge in [0.2, 0.25) is 0 Å². The molecule has 3 aromatic carbocycles. The summed E-state index contributed by atoms with van der Waals surface area (Å²) in [4.78, 5) is 15.5. The molecule has 0 bridgehead atoms. The van der Waals surface area contributed by atoms with Crippen LogP contribution in [-0.4, -0.2) is 16.1 Å². The van der Waals surface area contributed by atoms with E-state index in [9.17, 15) is 18.0 Å². The zero-order valence-corrected chi connectivity index (χ0v) is 17.6. The van der Waals surface area contributed by atoms with Gasteiger partial charge in [-0.05, 0) is 48.5 Å². The molecule has 1 heterocycles. The number of alkyl halides is 3. The van der Waals surface area contributed by atoms with Crippen molar-refractivity contribution in [3.8, 4) is 11.3 Å². The third-order valence-corrected chi connectivity index (χ3v) is 5.22. The topological polar surface area (TPSA) is 86.9 Å². The second-order valence-corrected chi connectivity index (χ2v) is 7.71. The van der Waals surface area contributed by atoms with E-state index in [1.807, 2.05) is 6.07 Å². The van der Waals surface area contributed by atoms with Gasteiger partial charge in [0, 0.05) is 16.6 Å². The van der Waals surface area contributed by atoms with Gasteiger partial charge < -0.3 is 10.4 Å². The predicted octanol–water partition coefficient (Wildman–Crippen LogP) is 7.69. The number of nitrogens with one attached hydrogen (secondary N) is 1. The van der Waals surface area contributed by atoms with E-state index in [4.69, 9.17) is 5.11 Å². The summed E-state index contributed by atoms with van der Waals surface area (Å²) in [5.41, 5.74) is 1.98. The van der Waals surface area contributed by atoms with Gasteiger partial charge in [-0.15, -0.1) is 11.3 Å². The van der Waals surface area contributed by atoms with E-state index in [2.05, 4.69) is 20.5 Å². The third-order valence-electron chi connectivity index (χ3n) is 4.46. The Morgan fingerprint density at radius 2 is 1.64 bits per heavy atom. The second-order valence-electron chi connectivity index (χ2n) is 6.85. The number of rotatable bonds is 6. The molecule has 166 valence electrons. The number of halogens is 3. The van der Waals surface area contributed by atoms with Crippen molar-refractivity contribution in [3.63, 3.8) is 0 Å². The Morgan fingerprint density at radius 3 is 2.36 bits per heavy atom. The average molecular weight is 468 g/mol. The quantitative estimate of drug-likeness (QED) is 0.284. The monoisotopic (exact) mass is 468 g/mol. The van der Waals surface area contributed by atoms with Crippen LogP contribution < -0.4 is 5.32 Å². The molecule has 0 aliphatic carbocycles. The Labute approximate surface area is 190 Å². The Kier molecular flexibility index (Phi) is 6.18. The Hall–Kier alpha value is -4.05. The number of benzene rings is 3. The first-order valence-electron chi connectivity index (χ1n) is 9.53. The summed E-state index contributed by atoms with van der Waals surface area (Å²) in [5.74, 6) is -1.05. The van der Waals surface area contributed by atoms with Gasteiger partial charge in [0.05, 0.1) is 28.2 Å². The predicted molar refractivity (Wildman–Crippen MR) is 120 cm³/mol. The Balaban J connectivity index is 1.51. The summed E-state index contributed by atoms with van der Waals surface area (Å²) in [7, 11) is 0. The molecule has 0 aliphatic rings. The first kappa shape index (κ1) is 22.2. The maximum absolute atomic E-state index is 12.9. The Bertz CT molecular complexity index is 1340. The van der Waals surface area contributed by atoms with Crippen molar-refractivity contribution in [2.24, 2.45) is 10.2 Å². The molecule has 4 aromatic rings. The highest BCUT2D eigenvalue weighted by Gasteiger charge is 2.30. The number of carbonyl (C=O) groups is 1. The van der Waals surface area contributed by atoms with Crippen molar-refractivity contribution >= 4 is 39.5 Å². The van der Waals surface area contributed by atoms with E-state index in [0.29, 0.717) is 22.2 Å². The molecular formula is C23H15F3N4O2S. The van der Waals surface area contributed by atoms with Crippen LogP contribution in [0.2, 0.25) is 0 Å². The van der Waals surface area contributed by atoms with Gasteiger partial charge in [-0.3, -0.25) is 0 Å². The van der Waals surface area contributed by atoms with Crippen molar-refractivity contribution in [3.05, 3.63) is 89.3 Å². The third kappa shape index (κ3) is 5.60. The highest BCUT2D eigenvalue weighted by Crippen LogP contribution is 2.33. The number of nitrogens with zero attached hydrogens (tertiary/aromatic N) is 3. The maximum Gasteiger partial charge on any atom is 0.416 e. The van der Waals surface area contributed by atoms with Crippen molar-refractivity contribution in [2.45, 2.75) is 6.18 Å². The molecule has 4 rings (SSSR count). The lowest BCUT2D eigenvalue weighted by molar-refractivity contribution is -0.137. The molecule has 0 saturated heterocycles. The largest absolute Gasteiger partial charge is 0.478 e. The summed E-state index contributed by atoms with van der Waals surface area (Å²) in [6.45, 7) is 0. The van der Waals surface area contributed by atoms with E-state index in [0.717, 1.165) is 17.7 Å². The van der Waals surface area contributed by atoms with Crippen molar-refractivity contribution in [1.29, 1.82) is 0 Å².